The lowest BCUT2D eigenvalue weighted by Crippen LogP contribution is -2.65. The van der Waals surface area contributed by atoms with Crippen LogP contribution < -0.4 is 20.8 Å². The van der Waals surface area contributed by atoms with Crippen LogP contribution in [-0.2, 0) is 20.8 Å². The minimum absolute atomic E-state index is 0.0623. The molecule has 4 rings (SSSR count). The number of benzene rings is 1. The first kappa shape index (κ1) is 31.8. The lowest BCUT2D eigenvalue weighted by atomic mass is 9.92. The third-order valence-corrected chi connectivity index (χ3v) is 8.87. The van der Waals surface area contributed by atoms with Gasteiger partial charge in [-0.05, 0) is 43.2 Å². The van der Waals surface area contributed by atoms with Crippen LogP contribution >= 0.6 is 0 Å². The molecule has 0 aliphatic carbocycles. The van der Waals surface area contributed by atoms with E-state index in [4.69, 9.17) is 4.84 Å². The van der Waals surface area contributed by atoms with E-state index in [2.05, 4.69) is 16.0 Å². The molecule has 0 spiro atoms. The molecule has 11 heteroatoms. The molecule has 2 aromatic rings. The zero-order chi connectivity index (χ0) is 30.2. The topological polar surface area (TPSA) is 145 Å². The fourth-order valence-electron chi connectivity index (χ4n) is 6.19. The number of unbranched alkanes of at least 4 members (excludes halogenated alkanes) is 2. The molecule has 3 heterocycles. The van der Waals surface area contributed by atoms with Crippen LogP contribution in [0.5, 0.6) is 0 Å². The Morgan fingerprint density at radius 2 is 1.74 bits per heavy atom. The summed E-state index contributed by atoms with van der Waals surface area (Å²) in [6, 6.07) is 4.64. The van der Waals surface area contributed by atoms with Crippen molar-refractivity contribution in [3.8, 4) is 0 Å². The Morgan fingerprint density at radius 1 is 1.00 bits per heavy atom. The molecule has 6 atom stereocenters. The summed E-state index contributed by atoms with van der Waals surface area (Å²) < 4.78 is 1.63. The molecule has 5 N–H and O–H groups in total. The number of nitrogens with zero attached hydrogens (tertiary/aromatic N) is 2. The number of piperidine rings is 1. The van der Waals surface area contributed by atoms with Gasteiger partial charge in [0.2, 0.25) is 17.7 Å². The van der Waals surface area contributed by atoms with E-state index >= 15 is 0 Å². The molecule has 232 valence electrons. The van der Waals surface area contributed by atoms with Crippen molar-refractivity contribution >= 4 is 28.6 Å². The summed E-state index contributed by atoms with van der Waals surface area (Å²) in [6.07, 6.45) is 6.21. The predicted octanol–water partition coefficient (Wildman–Crippen LogP) is 1.48. The van der Waals surface area contributed by atoms with Gasteiger partial charge in [0.1, 0.15) is 25.4 Å². The molecule has 0 radical (unpaired) electrons. The third-order valence-electron chi connectivity index (χ3n) is 8.87. The van der Waals surface area contributed by atoms with E-state index in [0.29, 0.717) is 45.1 Å². The summed E-state index contributed by atoms with van der Waals surface area (Å²) in [5.74, 6) is -1.18. The number of nitrogens with one attached hydrogen (secondary N) is 3. The lowest BCUT2D eigenvalue weighted by molar-refractivity contribution is -0.144. The Hall–Kier alpha value is -3.15. The number of aliphatic hydroxyl groups is 2. The molecule has 1 aromatic carbocycles. The molecule has 1 aromatic heterocycles. The average molecular weight is 586 g/mol. The highest BCUT2D eigenvalue weighted by molar-refractivity contribution is 5.94. The highest BCUT2D eigenvalue weighted by Crippen LogP contribution is 2.26. The van der Waals surface area contributed by atoms with Crippen LogP contribution in [0, 0.1) is 5.92 Å². The minimum Gasteiger partial charge on any atom is -0.417 e. The first-order valence-corrected chi connectivity index (χ1v) is 15.4. The average Bonchev–Trinajstić information content (AvgIpc) is 3.36. The molecule has 0 saturated carbocycles. The van der Waals surface area contributed by atoms with Gasteiger partial charge in [0.05, 0.1) is 17.6 Å². The maximum atomic E-state index is 14.0. The number of amides is 3. The first-order chi connectivity index (χ1) is 20.3. The zero-order valence-corrected chi connectivity index (χ0v) is 25.1. The van der Waals surface area contributed by atoms with Gasteiger partial charge in [0, 0.05) is 31.2 Å². The molecule has 0 bridgehead atoms. The molecule has 2 unspecified atom stereocenters. The van der Waals surface area contributed by atoms with Crippen molar-refractivity contribution in [2.45, 2.75) is 102 Å². The zero-order valence-electron chi connectivity index (χ0n) is 25.1. The molecular weight excluding hydrogens is 538 g/mol. The Balaban J connectivity index is 1.70. The Labute approximate surface area is 247 Å². The largest absolute Gasteiger partial charge is 0.417 e. The van der Waals surface area contributed by atoms with Crippen LogP contribution in [0.2, 0.25) is 0 Å². The first-order valence-electron chi connectivity index (χ1n) is 15.4. The highest BCUT2D eigenvalue weighted by Gasteiger charge is 2.41. The van der Waals surface area contributed by atoms with Gasteiger partial charge in [-0.25, -0.2) is 0 Å². The second kappa shape index (κ2) is 14.8. The van der Waals surface area contributed by atoms with Crippen LogP contribution in [0.25, 0.3) is 10.9 Å². The van der Waals surface area contributed by atoms with Crippen LogP contribution in [0.15, 0.2) is 30.5 Å². The fraction of sp³-hybridized carbons (Fsp3) is 0.645. The predicted molar refractivity (Wildman–Crippen MR) is 159 cm³/mol. The summed E-state index contributed by atoms with van der Waals surface area (Å²) in [7, 11) is 1.57. The normalized spacial score (nSPS) is 26.8. The van der Waals surface area contributed by atoms with E-state index in [1.165, 1.54) is 0 Å². The molecule has 3 amide bonds. The van der Waals surface area contributed by atoms with E-state index in [1.807, 2.05) is 44.3 Å². The number of carbonyl (C=O) groups is 3. The molecule has 2 aliphatic heterocycles. The minimum atomic E-state index is -1.06. The summed E-state index contributed by atoms with van der Waals surface area (Å²) in [6.45, 7) is 4.56. The second-order valence-electron chi connectivity index (χ2n) is 11.7. The second-order valence-corrected chi connectivity index (χ2v) is 11.7. The highest BCUT2D eigenvalue weighted by atomic mass is 16.6. The van der Waals surface area contributed by atoms with E-state index in [9.17, 15) is 24.6 Å². The van der Waals surface area contributed by atoms with E-state index < -0.39 is 36.3 Å². The van der Waals surface area contributed by atoms with Crippen molar-refractivity contribution in [1.82, 2.24) is 25.6 Å². The fourth-order valence-corrected chi connectivity index (χ4v) is 6.19. The lowest BCUT2D eigenvalue weighted by Gasteiger charge is -2.43. The van der Waals surface area contributed by atoms with Crippen molar-refractivity contribution in [3.63, 3.8) is 0 Å². The number of carbonyl (C=O) groups excluding carboxylic acids is 3. The van der Waals surface area contributed by atoms with Crippen molar-refractivity contribution in [3.05, 3.63) is 36.0 Å². The maximum absolute atomic E-state index is 14.0. The van der Waals surface area contributed by atoms with Gasteiger partial charge in [-0.1, -0.05) is 57.7 Å². The van der Waals surface area contributed by atoms with Crippen LogP contribution in [0.4, 0.5) is 0 Å². The van der Waals surface area contributed by atoms with Crippen LogP contribution in [0.3, 0.4) is 0 Å². The van der Waals surface area contributed by atoms with Crippen LogP contribution in [-0.4, -0.2) is 88.2 Å². The Bertz CT molecular complexity index is 1220. The number of aliphatic hydroxyl groups excluding tert-OH is 2. The van der Waals surface area contributed by atoms with Crippen molar-refractivity contribution in [2.75, 3.05) is 20.3 Å². The van der Waals surface area contributed by atoms with E-state index in [1.54, 1.807) is 16.7 Å². The van der Waals surface area contributed by atoms with Crippen molar-refractivity contribution in [1.29, 1.82) is 0 Å². The number of fused-ring (bicyclic) bond motifs is 2. The summed E-state index contributed by atoms with van der Waals surface area (Å²) >= 11 is 0. The molecule has 11 nitrogen and oxygen atoms in total. The number of rotatable bonds is 10. The van der Waals surface area contributed by atoms with Crippen molar-refractivity contribution < 1.29 is 29.4 Å². The maximum Gasteiger partial charge on any atom is 0.243 e. The van der Waals surface area contributed by atoms with Gasteiger partial charge >= 0.3 is 0 Å². The van der Waals surface area contributed by atoms with Gasteiger partial charge in [-0.2, -0.15) is 4.73 Å². The summed E-state index contributed by atoms with van der Waals surface area (Å²) in [4.78, 5) is 48.7. The van der Waals surface area contributed by atoms with Gasteiger partial charge in [-0.3, -0.25) is 19.3 Å². The Morgan fingerprint density at radius 3 is 2.48 bits per heavy atom. The molecule has 42 heavy (non-hydrogen) atoms. The summed E-state index contributed by atoms with van der Waals surface area (Å²) in [5, 5.41) is 30.7. The Kier molecular flexibility index (Phi) is 11.2. The molecular formula is C31H47N5O6. The SMILES string of the molecule is CCC(C)[C@@H]1NC(=O)[C@H](Cc2cn(OC)c3ccccc23)NC(=O)[C@H](CCCCCO)NC(=O)[C@H]2CCCCN2C1O. The standard InChI is InChI=1S/C31H47N5O6/c1-4-20(2)27-31(41)35-16-10-9-15-26(35)30(40)32-23(13-6-5-11-17-37)28(38)33-24(29(39)34-27)18-21-19-36(42-3)25-14-8-7-12-22(21)25/h7-8,12,14,19-20,23-24,26-27,31,37,41H,4-6,9-11,13,15-18H2,1-3H3,(H,32,40)(H,33,38)(H,34,39)/t20?,23-,24-,26+,27-,31?/m0/s1. The molecule has 2 aliphatic rings. The number of hydrogen-bond donors (Lipinski definition) is 5. The molecule has 2 fully saturated rings. The van der Waals surface area contributed by atoms with E-state index in [-0.39, 0.29) is 30.8 Å². The smallest absolute Gasteiger partial charge is 0.243 e. The van der Waals surface area contributed by atoms with Gasteiger partial charge in [0.15, 0.2) is 0 Å². The third kappa shape index (κ3) is 7.25. The van der Waals surface area contributed by atoms with Crippen molar-refractivity contribution in [2.24, 2.45) is 5.92 Å². The number of para-hydroxylation sites is 1. The van der Waals surface area contributed by atoms with Gasteiger partial charge < -0.3 is 31.0 Å². The van der Waals surface area contributed by atoms with Gasteiger partial charge in [0.25, 0.3) is 0 Å². The number of aromatic nitrogens is 1. The molecule has 2 saturated heterocycles. The van der Waals surface area contributed by atoms with Gasteiger partial charge in [-0.15, -0.1) is 0 Å². The number of hydrogen-bond acceptors (Lipinski definition) is 7. The van der Waals surface area contributed by atoms with E-state index in [0.717, 1.165) is 29.3 Å². The quantitative estimate of drug-likeness (QED) is 0.266. The summed E-state index contributed by atoms with van der Waals surface area (Å²) in [5.41, 5.74) is 1.66. The monoisotopic (exact) mass is 585 g/mol. The van der Waals surface area contributed by atoms with Crippen LogP contribution in [0.1, 0.15) is 70.8 Å².